The highest BCUT2D eigenvalue weighted by Crippen LogP contribution is 2.05. The second kappa shape index (κ2) is 8.84. The summed E-state index contributed by atoms with van der Waals surface area (Å²) < 4.78 is 0. The van der Waals surface area contributed by atoms with Crippen LogP contribution < -0.4 is 42.5 Å². The molecule has 0 aliphatic carbocycles. The number of hydroxylamine groups is 2. The largest absolute Gasteiger partial charge is 0.613 e. The summed E-state index contributed by atoms with van der Waals surface area (Å²) in [7, 11) is 1.53. The fourth-order valence-electron chi connectivity index (χ4n) is 2.74. The van der Waals surface area contributed by atoms with Crippen LogP contribution in [0, 0.1) is 10.4 Å². The average Bonchev–Trinajstić information content (AvgIpc) is 3.12. The fraction of sp³-hybridized carbons (Fsp3) is 0.833. The smallest absolute Gasteiger partial charge is 0.106 e. The van der Waals surface area contributed by atoms with Crippen LogP contribution in [-0.2, 0) is 0 Å². The summed E-state index contributed by atoms with van der Waals surface area (Å²) in [6.45, 7) is 6.33. The van der Waals surface area contributed by atoms with Crippen LogP contribution in [0.3, 0.4) is 0 Å². The maximum Gasteiger partial charge on any atom is 0.106 e. The average molecular weight is 316 g/mol. The Balaban J connectivity index is 1.61. The van der Waals surface area contributed by atoms with Gasteiger partial charge < -0.3 is 21.0 Å². The molecule has 0 radical (unpaired) electrons. The normalized spacial score (nSPS) is 34.7. The van der Waals surface area contributed by atoms with Gasteiger partial charge in [-0.05, 0) is 6.58 Å². The molecule has 0 aromatic heterocycles. The first-order valence-corrected chi connectivity index (χ1v) is 7.70. The highest BCUT2D eigenvalue weighted by Gasteiger charge is 2.29. The molecule has 6 unspecified atom stereocenters. The van der Waals surface area contributed by atoms with Gasteiger partial charge in [-0.1, -0.05) is 0 Å². The molecule has 0 saturated carbocycles. The van der Waals surface area contributed by atoms with E-state index in [0.717, 1.165) is 19.5 Å². The molecule has 10 heteroatoms. The van der Waals surface area contributed by atoms with Crippen molar-refractivity contribution in [2.45, 2.75) is 30.8 Å². The Morgan fingerprint density at radius 3 is 2.14 bits per heavy atom. The molecule has 2 fully saturated rings. The van der Waals surface area contributed by atoms with Gasteiger partial charge in [0.2, 0.25) is 0 Å². The third kappa shape index (κ3) is 5.85. The summed E-state index contributed by atoms with van der Waals surface area (Å²) in [5.74, 6) is 0. The molecule has 2 aliphatic rings. The third-order valence-corrected chi connectivity index (χ3v) is 3.87. The van der Waals surface area contributed by atoms with E-state index in [9.17, 15) is 10.4 Å². The molecule has 0 bridgehead atoms. The van der Waals surface area contributed by atoms with Crippen molar-refractivity contribution in [1.82, 2.24) is 32.1 Å². The van der Waals surface area contributed by atoms with Gasteiger partial charge in [0.05, 0.1) is 32.5 Å². The zero-order valence-corrected chi connectivity index (χ0v) is 12.9. The van der Waals surface area contributed by atoms with Crippen molar-refractivity contribution in [3.05, 3.63) is 23.2 Å². The summed E-state index contributed by atoms with van der Waals surface area (Å²) >= 11 is 0. The quantitative estimate of drug-likeness (QED) is 0.198. The van der Waals surface area contributed by atoms with E-state index < -0.39 is 0 Å². The molecule has 0 aromatic rings. The molecule has 0 amide bonds. The Hall–Kier alpha value is -0.660. The van der Waals surface area contributed by atoms with Crippen LogP contribution >= 0.6 is 0 Å². The highest BCUT2D eigenvalue weighted by atomic mass is 16.5. The van der Waals surface area contributed by atoms with Crippen LogP contribution in [0.15, 0.2) is 12.8 Å². The Bertz CT molecular complexity index is 345. The van der Waals surface area contributed by atoms with Crippen molar-refractivity contribution in [3.8, 4) is 0 Å². The topological polar surface area (TPSA) is 127 Å². The minimum atomic E-state index is -0.148. The van der Waals surface area contributed by atoms with Crippen molar-refractivity contribution < 1.29 is 10.3 Å². The Labute approximate surface area is 130 Å². The molecule has 6 atom stereocenters. The Morgan fingerprint density at radius 2 is 1.64 bits per heavy atom. The lowest BCUT2D eigenvalue weighted by Crippen LogP contribution is -3.11. The lowest BCUT2D eigenvalue weighted by atomic mass is 10.2. The minimum Gasteiger partial charge on any atom is -0.613 e. The van der Waals surface area contributed by atoms with Crippen LogP contribution in [0.25, 0.3) is 0 Å². The monoisotopic (exact) mass is 316 g/mol. The predicted molar refractivity (Wildman–Crippen MR) is 82.8 cm³/mol. The van der Waals surface area contributed by atoms with E-state index in [1.807, 2.05) is 0 Å². The van der Waals surface area contributed by atoms with Crippen molar-refractivity contribution in [2.75, 3.05) is 33.2 Å². The molecular weight excluding hydrogens is 288 g/mol. The van der Waals surface area contributed by atoms with Crippen molar-refractivity contribution in [3.63, 3.8) is 0 Å². The Kier molecular flexibility index (Phi) is 7.11. The van der Waals surface area contributed by atoms with Gasteiger partial charge in [0.15, 0.2) is 0 Å². The van der Waals surface area contributed by atoms with Crippen molar-refractivity contribution in [1.29, 1.82) is 0 Å². The summed E-state index contributed by atoms with van der Waals surface area (Å²) in [4.78, 5) is 0. The predicted octanol–water partition coefficient (Wildman–Crippen LogP) is -5.30. The standard InChI is InChI=1S/C12H28N8O2/c1-3-20(22)16-8-10-6-14-12(18-10)4-11-13-5-9(17-11)7-15-19(2)21/h3,9-20H,1,4-8H2,2H3. The highest BCUT2D eigenvalue weighted by molar-refractivity contribution is 4.90. The van der Waals surface area contributed by atoms with E-state index in [-0.39, 0.29) is 34.8 Å². The van der Waals surface area contributed by atoms with E-state index in [0.29, 0.717) is 13.1 Å². The van der Waals surface area contributed by atoms with Crippen LogP contribution in [0.5, 0.6) is 0 Å². The number of quaternary nitrogens is 2. The molecule has 8 N–H and O–H groups in total. The zero-order valence-electron chi connectivity index (χ0n) is 12.9. The zero-order chi connectivity index (χ0) is 15.9. The minimum absolute atomic E-state index is 0.00575. The van der Waals surface area contributed by atoms with Gasteiger partial charge in [-0.15, -0.1) is 0 Å². The van der Waals surface area contributed by atoms with Crippen LogP contribution in [-0.4, -0.2) is 57.6 Å². The summed E-state index contributed by atoms with van der Waals surface area (Å²) in [5.41, 5.74) is 5.61. The molecule has 2 heterocycles. The summed E-state index contributed by atoms with van der Waals surface area (Å²) in [6, 6.07) is 0.489. The Morgan fingerprint density at radius 1 is 1.09 bits per heavy atom. The molecule has 2 rings (SSSR count). The van der Waals surface area contributed by atoms with E-state index in [1.165, 1.54) is 13.2 Å². The van der Waals surface area contributed by atoms with Gasteiger partial charge in [0.25, 0.3) is 0 Å². The van der Waals surface area contributed by atoms with Gasteiger partial charge in [0.1, 0.15) is 6.20 Å². The lowest BCUT2D eigenvalue weighted by Gasteiger charge is -2.21. The van der Waals surface area contributed by atoms with Crippen LogP contribution in [0.1, 0.15) is 6.42 Å². The molecular formula is C12H28N8O2. The van der Waals surface area contributed by atoms with Crippen LogP contribution in [0.2, 0.25) is 0 Å². The van der Waals surface area contributed by atoms with Gasteiger partial charge >= 0.3 is 0 Å². The van der Waals surface area contributed by atoms with E-state index in [1.54, 1.807) is 0 Å². The summed E-state index contributed by atoms with van der Waals surface area (Å²) in [5, 5.41) is 35.6. The van der Waals surface area contributed by atoms with Gasteiger partial charge in [-0.25, -0.2) is 0 Å². The maximum atomic E-state index is 11.1. The first-order valence-electron chi connectivity index (χ1n) is 7.70. The van der Waals surface area contributed by atoms with Crippen molar-refractivity contribution >= 4 is 0 Å². The summed E-state index contributed by atoms with van der Waals surface area (Å²) in [6.07, 6.45) is 2.59. The first kappa shape index (κ1) is 17.7. The maximum absolute atomic E-state index is 11.1. The second-order valence-electron chi connectivity index (χ2n) is 5.77. The third-order valence-electron chi connectivity index (χ3n) is 3.87. The van der Waals surface area contributed by atoms with Gasteiger partial charge in [-0.3, -0.25) is 21.0 Å². The molecule has 10 nitrogen and oxygen atoms in total. The van der Waals surface area contributed by atoms with Gasteiger partial charge in [0, 0.05) is 31.6 Å². The lowest BCUT2D eigenvalue weighted by molar-refractivity contribution is -0.875. The second-order valence-corrected chi connectivity index (χ2v) is 5.77. The van der Waals surface area contributed by atoms with Gasteiger partial charge in [-0.2, -0.15) is 10.9 Å². The molecule has 22 heavy (non-hydrogen) atoms. The molecule has 0 spiro atoms. The van der Waals surface area contributed by atoms with E-state index in [4.69, 9.17) is 0 Å². The fourth-order valence-corrected chi connectivity index (χ4v) is 2.74. The van der Waals surface area contributed by atoms with E-state index >= 15 is 0 Å². The molecule has 2 saturated heterocycles. The number of nitrogens with one attached hydrogen (secondary N) is 8. The first-order chi connectivity index (χ1) is 10.6. The number of hydrogen-bond donors (Lipinski definition) is 8. The number of rotatable bonds is 9. The van der Waals surface area contributed by atoms with E-state index in [2.05, 4.69) is 38.7 Å². The van der Waals surface area contributed by atoms with Crippen LogP contribution in [0.4, 0.5) is 0 Å². The molecule has 2 aliphatic heterocycles. The number of hydrogen-bond acceptors (Lipinski definition) is 8. The SMILES string of the molecule is C=C[NH+]([O-])NCC1CNC(CC2NCC(CN[NH+](C)[O-])N2)N1. The molecule has 0 aromatic carbocycles. The molecule has 128 valence electrons. The van der Waals surface area contributed by atoms with Crippen molar-refractivity contribution in [2.24, 2.45) is 0 Å².